The van der Waals surface area contributed by atoms with E-state index in [0.717, 1.165) is 11.6 Å². The van der Waals surface area contributed by atoms with Crippen molar-refractivity contribution in [2.24, 2.45) is 0 Å². The molecule has 0 aliphatic carbocycles. The molecular weight excluding hydrogens is 373 g/mol. The number of hydrogen-bond donors (Lipinski definition) is 0. The predicted molar refractivity (Wildman–Crippen MR) is 99.1 cm³/mol. The third-order valence-electron chi connectivity index (χ3n) is 3.62. The van der Waals surface area contributed by atoms with Gasteiger partial charge in [-0.1, -0.05) is 23.7 Å². The van der Waals surface area contributed by atoms with Crippen molar-refractivity contribution in [3.63, 3.8) is 0 Å². The maximum absolute atomic E-state index is 14.2. The first-order valence-electron chi connectivity index (χ1n) is 7.53. The highest BCUT2D eigenvalue weighted by Crippen LogP contribution is 2.34. The zero-order valence-corrected chi connectivity index (χ0v) is 14.7. The van der Waals surface area contributed by atoms with Gasteiger partial charge in [-0.05, 0) is 41.8 Å². The molecule has 0 fully saturated rings. The summed E-state index contributed by atoms with van der Waals surface area (Å²) in [7, 11) is 0. The smallest absolute Gasteiger partial charge is 0.241 e. The Labute approximate surface area is 157 Å². The number of nitrogens with zero attached hydrogens (tertiary/aromatic N) is 3. The number of aromatic nitrogens is 2. The SMILES string of the molecule is N#Cc1ccc(Oc2nc(-c3cccc(Cl)c3)nc3ccsc23)c(F)c1. The molecule has 0 amide bonds. The molecule has 7 heteroatoms. The Balaban J connectivity index is 1.82. The van der Waals surface area contributed by atoms with Gasteiger partial charge in [0.05, 0.1) is 17.1 Å². The number of benzene rings is 2. The van der Waals surface area contributed by atoms with Crippen LogP contribution in [0.25, 0.3) is 21.6 Å². The van der Waals surface area contributed by atoms with E-state index in [-0.39, 0.29) is 17.2 Å². The maximum atomic E-state index is 14.2. The zero-order valence-electron chi connectivity index (χ0n) is 13.1. The van der Waals surface area contributed by atoms with Crippen LogP contribution in [0, 0.1) is 17.1 Å². The fraction of sp³-hybridized carbons (Fsp3) is 0. The Bertz CT molecular complexity index is 1170. The minimum atomic E-state index is -0.628. The van der Waals surface area contributed by atoms with Crippen molar-refractivity contribution < 1.29 is 9.13 Å². The average Bonchev–Trinajstić information content (AvgIpc) is 3.12. The lowest BCUT2D eigenvalue weighted by molar-refractivity contribution is 0.432. The quantitative estimate of drug-likeness (QED) is 0.449. The van der Waals surface area contributed by atoms with Gasteiger partial charge >= 0.3 is 0 Å². The molecule has 4 nitrogen and oxygen atoms in total. The molecule has 0 radical (unpaired) electrons. The molecule has 0 atom stereocenters. The van der Waals surface area contributed by atoms with Gasteiger partial charge in [-0.2, -0.15) is 10.2 Å². The minimum absolute atomic E-state index is 0.00514. The largest absolute Gasteiger partial charge is 0.434 e. The zero-order chi connectivity index (χ0) is 18.1. The van der Waals surface area contributed by atoms with Crippen molar-refractivity contribution in [2.45, 2.75) is 0 Å². The average molecular weight is 382 g/mol. The highest BCUT2D eigenvalue weighted by Gasteiger charge is 2.15. The topological polar surface area (TPSA) is 58.8 Å². The van der Waals surface area contributed by atoms with E-state index in [2.05, 4.69) is 9.97 Å². The molecule has 26 heavy (non-hydrogen) atoms. The molecule has 2 heterocycles. The summed E-state index contributed by atoms with van der Waals surface area (Å²) in [5.74, 6) is 0.0529. The first-order chi connectivity index (χ1) is 12.6. The van der Waals surface area contributed by atoms with Crippen LogP contribution in [0.15, 0.2) is 53.9 Å². The van der Waals surface area contributed by atoms with Gasteiger partial charge in [0.25, 0.3) is 0 Å². The summed E-state index contributed by atoms with van der Waals surface area (Å²) in [6.07, 6.45) is 0. The van der Waals surface area contributed by atoms with Crippen LogP contribution in [-0.2, 0) is 0 Å². The van der Waals surface area contributed by atoms with Gasteiger partial charge in [0, 0.05) is 10.6 Å². The summed E-state index contributed by atoms with van der Waals surface area (Å²) in [5, 5.41) is 11.3. The normalized spacial score (nSPS) is 10.7. The monoisotopic (exact) mass is 381 g/mol. The summed E-state index contributed by atoms with van der Waals surface area (Å²) < 4.78 is 20.6. The molecule has 0 saturated carbocycles. The van der Waals surface area contributed by atoms with E-state index in [4.69, 9.17) is 21.6 Å². The van der Waals surface area contributed by atoms with E-state index in [9.17, 15) is 4.39 Å². The molecule has 126 valence electrons. The van der Waals surface area contributed by atoms with Gasteiger partial charge in [0.15, 0.2) is 17.4 Å². The fourth-order valence-corrected chi connectivity index (χ4v) is 3.37. The predicted octanol–water partition coefficient (Wildman–Crippen LogP) is 5.81. The number of halogens is 2. The van der Waals surface area contributed by atoms with Crippen molar-refractivity contribution in [3.05, 3.63) is 70.3 Å². The number of fused-ring (bicyclic) bond motifs is 1. The van der Waals surface area contributed by atoms with Crippen LogP contribution in [0.2, 0.25) is 5.02 Å². The molecule has 4 rings (SSSR count). The Morgan fingerprint density at radius 2 is 2.00 bits per heavy atom. The molecule has 4 aromatic rings. The molecule has 0 bridgehead atoms. The molecule has 0 aliphatic rings. The molecule has 0 N–H and O–H groups in total. The first-order valence-corrected chi connectivity index (χ1v) is 8.78. The van der Waals surface area contributed by atoms with Crippen molar-refractivity contribution >= 4 is 33.2 Å². The van der Waals surface area contributed by atoms with E-state index in [0.29, 0.717) is 21.1 Å². The minimum Gasteiger partial charge on any atom is -0.434 e. The summed E-state index contributed by atoms with van der Waals surface area (Å²) >= 11 is 7.45. The lowest BCUT2D eigenvalue weighted by atomic mass is 10.2. The van der Waals surface area contributed by atoms with Crippen LogP contribution in [0.5, 0.6) is 11.6 Å². The molecular formula is C19H9ClFN3OS. The van der Waals surface area contributed by atoms with Gasteiger partial charge in [0.2, 0.25) is 5.88 Å². The van der Waals surface area contributed by atoms with Crippen molar-refractivity contribution in [3.8, 4) is 29.1 Å². The third-order valence-corrected chi connectivity index (χ3v) is 4.75. The van der Waals surface area contributed by atoms with Gasteiger partial charge in [0.1, 0.15) is 4.70 Å². The van der Waals surface area contributed by atoms with Crippen LogP contribution >= 0.6 is 22.9 Å². The van der Waals surface area contributed by atoms with Gasteiger partial charge in [-0.3, -0.25) is 0 Å². The van der Waals surface area contributed by atoms with Crippen molar-refractivity contribution in [1.29, 1.82) is 5.26 Å². The number of rotatable bonds is 3. The highest BCUT2D eigenvalue weighted by atomic mass is 35.5. The van der Waals surface area contributed by atoms with Crippen molar-refractivity contribution in [1.82, 2.24) is 9.97 Å². The van der Waals surface area contributed by atoms with Gasteiger partial charge in [-0.25, -0.2) is 9.37 Å². The van der Waals surface area contributed by atoms with Gasteiger partial charge in [-0.15, -0.1) is 11.3 Å². The summed E-state index contributed by atoms with van der Waals surface area (Å²) in [5.41, 5.74) is 1.65. The van der Waals surface area contributed by atoms with Crippen LogP contribution in [0.4, 0.5) is 4.39 Å². The number of nitriles is 1. The summed E-state index contributed by atoms with van der Waals surface area (Å²) in [4.78, 5) is 8.97. The van der Waals surface area contributed by atoms with E-state index >= 15 is 0 Å². The second-order valence-corrected chi connectivity index (χ2v) is 6.71. The van der Waals surface area contributed by atoms with E-state index in [1.54, 1.807) is 18.2 Å². The lowest BCUT2D eigenvalue weighted by Crippen LogP contribution is -1.96. The second kappa shape index (κ2) is 6.71. The van der Waals surface area contributed by atoms with Crippen LogP contribution < -0.4 is 4.74 Å². The summed E-state index contributed by atoms with van der Waals surface area (Å²) in [6, 6.07) is 14.9. The number of ether oxygens (including phenoxy) is 1. The molecule has 2 aromatic heterocycles. The number of hydrogen-bond acceptors (Lipinski definition) is 5. The molecule has 2 aromatic carbocycles. The Morgan fingerprint density at radius 3 is 2.77 bits per heavy atom. The Morgan fingerprint density at radius 1 is 1.12 bits per heavy atom. The highest BCUT2D eigenvalue weighted by molar-refractivity contribution is 7.17. The number of thiophene rings is 1. The standard InChI is InChI=1S/C19H9ClFN3OS/c20-13-3-1-2-12(9-13)18-23-15-6-7-26-17(15)19(24-18)25-16-5-4-11(10-22)8-14(16)21/h1-9H. The van der Waals surface area contributed by atoms with Crippen molar-refractivity contribution in [2.75, 3.05) is 0 Å². The van der Waals surface area contributed by atoms with E-state index < -0.39 is 5.82 Å². The summed E-state index contributed by atoms with van der Waals surface area (Å²) in [6.45, 7) is 0. The third kappa shape index (κ3) is 3.10. The Kier molecular flexibility index (Phi) is 4.25. The van der Waals surface area contributed by atoms with Gasteiger partial charge < -0.3 is 4.74 Å². The van der Waals surface area contributed by atoms with Crippen LogP contribution in [0.1, 0.15) is 5.56 Å². The Hall–Kier alpha value is -3.01. The van der Waals surface area contributed by atoms with Crippen LogP contribution in [0.3, 0.4) is 0 Å². The lowest BCUT2D eigenvalue weighted by Gasteiger charge is -2.09. The molecule has 0 spiro atoms. The fourth-order valence-electron chi connectivity index (χ4n) is 2.42. The van der Waals surface area contributed by atoms with Crippen LogP contribution in [-0.4, -0.2) is 9.97 Å². The first kappa shape index (κ1) is 16.5. The second-order valence-electron chi connectivity index (χ2n) is 5.36. The maximum Gasteiger partial charge on any atom is 0.241 e. The van der Waals surface area contributed by atoms with E-state index in [1.165, 1.54) is 23.5 Å². The molecule has 0 saturated heterocycles. The van der Waals surface area contributed by atoms with E-state index in [1.807, 2.05) is 23.6 Å². The molecule has 0 unspecified atom stereocenters. The molecule has 0 aliphatic heterocycles.